The van der Waals surface area contributed by atoms with Gasteiger partial charge in [-0.3, -0.25) is 4.79 Å². The number of carbonyl (C=O) groups is 2. The number of carboxylic acid groups (broad SMARTS) is 1. The van der Waals surface area contributed by atoms with Crippen LogP contribution in [-0.2, 0) is 4.79 Å². The van der Waals surface area contributed by atoms with Crippen LogP contribution in [0.1, 0.15) is 30.2 Å². The molecular weight excluding hydrogens is 246 g/mol. The number of hydrogen-bond donors (Lipinski definition) is 1. The third kappa shape index (κ3) is 2.19. The molecule has 0 saturated heterocycles. The number of nitrogens with zero attached hydrogens (tertiary/aromatic N) is 1. The molecule has 0 aliphatic carbocycles. The second kappa shape index (κ2) is 4.76. The highest BCUT2D eigenvalue weighted by Crippen LogP contribution is 2.28. The van der Waals surface area contributed by atoms with Crippen molar-refractivity contribution in [2.75, 3.05) is 7.11 Å². The number of methoxy groups -OCH3 is 1. The molecule has 1 unspecified atom stereocenters. The molecule has 5 heteroatoms. The fourth-order valence-electron chi connectivity index (χ4n) is 2.08. The van der Waals surface area contributed by atoms with Gasteiger partial charge >= 0.3 is 5.97 Å². The van der Waals surface area contributed by atoms with E-state index >= 15 is 0 Å². The Morgan fingerprint density at radius 2 is 2.05 bits per heavy atom. The highest BCUT2D eigenvalue weighted by molar-refractivity contribution is 6.07. The summed E-state index contributed by atoms with van der Waals surface area (Å²) in [5.41, 5.74) is 1.21. The van der Waals surface area contributed by atoms with Gasteiger partial charge in [0.1, 0.15) is 11.8 Å². The number of ether oxygens (including phenoxy) is 1. The lowest BCUT2D eigenvalue weighted by atomic mass is 10.1. The van der Waals surface area contributed by atoms with Crippen molar-refractivity contribution in [2.45, 2.75) is 19.9 Å². The van der Waals surface area contributed by atoms with Crippen molar-refractivity contribution < 1.29 is 19.4 Å². The molecule has 5 nitrogen and oxygen atoms in total. The summed E-state index contributed by atoms with van der Waals surface area (Å²) >= 11 is 0. The van der Waals surface area contributed by atoms with Crippen LogP contribution in [0.2, 0.25) is 0 Å². The van der Waals surface area contributed by atoms with Crippen molar-refractivity contribution >= 4 is 22.7 Å². The van der Waals surface area contributed by atoms with Gasteiger partial charge in [0.05, 0.1) is 7.11 Å². The number of hydrogen-bond acceptors (Lipinski definition) is 3. The lowest BCUT2D eigenvalue weighted by molar-refractivity contribution is -0.140. The van der Waals surface area contributed by atoms with Gasteiger partial charge in [-0.1, -0.05) is 0 Å². The van der Waals surface area contributed by atoms with Crippen LogP contribution >= 0.6 is 0 Å². The first-order valence-corrected chi connectivity index (χ1v) is 5.88. The molecule has 0 aliphatic rings. The first kappa shape index (κ1) is 13.1. The summed E-state index contributed by atoms with van der Waals surface area (Å²) < 4.78 is 6.73. The molecule has 0 fully saturated rings. The van der Waals surface area contributed by atoms with Gasteiger partial charge in [0.2, 0.25) is 0 Å². The SMILES string of the molecule is COc1ccc2c(c1)c(C(C)=O)cn2C(C)C(=O)O. The van der Waals surface area contributed by atoms with Crippen LogP contribution in [-0.4, -0.2) is 28.5 Å². The maximum absolute atomic E-state index is 11.7. The quantitative estimate of drug-likeness (QED) is 0.858. The number of carbonyl (C=O) groups excluding carboxylic acids is 1. The fraction of sp³-hybridized carbons (Fsp3) is 0.286. The van der Waals surface area contributed by atoms with E-state index in [2.05, 4.69) is 0 Å². The van der Waals surface area contributed by atoms with Gasteiger partial charge in [0.25, 0.3) is 0 Å². The summed E-state index contributed by atoms with van der Waals surface area (Å²) in [6.45, 7) is 3.04. The van der Waals surface area contributed by atoms with E-state index in [0.29, 0.717) is 22.2 Å². The summed E-state index contributed by atoms with van der Waals surface area (Å²) in [6, 6.07) is 4.53. The van der Waals surface area contributed by atoms with Crippen LogP contribution in [0.15, 0.2) is 24.4 Å². The number of aromatic nitrogens is 1. The molecule has 0 radical (unpaired) electrons. The number of ketones is 1. The van der Waals surface area contributed by atoms with Crippen molar-refractivity contribution in [1.82, 2.24) is 4.57 Å². The molecule has 0 spiro atoms. The monoisotopic (exact) mass is 261 g/mol. The number of rotatable bonds is 4. The molecule has 0 amide bonds. The van der Waals surface area contributed by atoms with Gasteiger partial charge in [-0.05, 0) is 32.0 Å². The Hall–Kier alpha value is -2.30. The number of fused-ring (bicyclic) bond motifs is 1. The summed E-state index contributed by atoms with van der Waals surface area (Å²) in [5, 5.41) is 9.82. The minimum absolute atomic E-state index is 0.102. The normalized spacial score (nSPS) is 12.4. The first-order chi connectivity index (χ1) is 8.95. The number of benzene rings is 1. The van der Waals surface area contributed by atoms with Gasteiger partial charge in [0.15, 0.2) is 5.78 Å². The molecule has 1 atom stereocenters. The maximum Gasteiger partial charge on any atom is 0.326 e. The van der Waals surface area contributed by atoms with Crippen LogP contribution < -0.4 is 4.74 Å². The van der Waals surface area contributed by atoms with E-state index in [4.69, 9.17) is 9.84 Å². The summed E-state index contributed by atoms with van der Waals surface area (Å²) in [4.78, 5) is 22.8. The molecule has 0 bridgehead atoms. The summed E-state index contributed by atoms with van der Waals surface area (Å²) in [7, 11) is 1.55. The second-order valence-corrected chi connectivity index (χ2v) is 4.40. The number of Topliss-reactive ketones (excluding diaryl/α,β-unsaturated/α-hetero) is 1. The van der Waals surface area contributed by atoms with E-state index in [1.807, 2.05) is 0 Å². The van der Waals surface area contributed by atoms with Crippen molar-refractivity contribution in [2.24, 2.45) is 0 Å². The van der Waals surface area contributed by atoms with E-state index in [1.165, 1.54) is 6.92 Å². The molecule has 0 saturated carbocycles. The van der Waals surface area contributed by atoms with Gasteiger partial charge in [-0.25, -0.2) is 4.79 Å². The zero-order chi connectivity index (χ0) is 14.2. The Labute approximate surface area is 110 Å². The topological polar surface area (TPSA) is 68.5 Å². The van der Waals surface area contributed by atoms with E-state index in [0.717, 1.165) is 0 Å². The van der Waals surface area contributed by atoms with E-state index in [9.17, 15) is 9.59 Å². The third-order valence-corrected chi connectivity index (χ3v) is 3.19. The first-order valence-electron chi connectivity index (χ1n) is 5.88. The molecule has 19 heavy (non-hydrogen) atoms. The largest absolute Gasteiger partial charge is 0.497 e. The lowest BCUT2D eigenvalue weighted by Crippen LogP contribution is -2.14. The Kier molecular flexibility index (Phi) is 3.29. The van der Waals surface area contributed by atoms with Gasteiger partial charge in [-0.2, -0.15) is 0 Å². The minimum Gasteiger partial charge on any atom is -0.497 e. The number of aliphatic carboxylic acids is 1. The molecule has 2 rings (SSSR count). The van der Waals surface area contributed by atoms with Crippen LogP contribution in [0.3, 0.4) is 0 Å². The van der Waals surface area contributed by atoms with Crippen LogP contribution in [0.4, 0.5) is 0 Å². The molecule has 0 aliphatic heterocycles. The van der Waals surface area contributed by atoms with Crippen molar-refractivity contribution in [3.8, 4) is 5.75 Å². The van der Waals surface area contributed by atoms with E-state index < -0.39 is 12.0 Å². The standard InChI is InChI=1S/C14H15NO4/c1-8(14(17)18)15-7-12(9(2)16)11-6-10(19-3)4-5-13(11)15/h4-8H,1-3H3,(H,17,18). The zero-order valence-electron chi connectivity index (χ0n) is 11.0. The van der Waals surface area contributed by atoms with Gasteiger partial charge < -0.3 is 14.4 Å². The highest BCUT2D eigenvalue weighted by Gasteiger charge is 2.19. The van der Waals surface area contributed by atoms with Crippen LogP contribution in [0.25, 0.3) is 10.9 Å². The Morgan fingerprint density at radius 3 is 2.58 bits per heavy atom. The molecule has 1 N–H and O–H groups in total. The summed E-state index contributed by atoms with van der Waals surface area (Å²) in [6.07, 6.45) is 1.59. The maximum atomic E-state index is 11.7. The third-order valence-electron chi connectivity index (χ3n) is 3.19. The van der Waals surface area contributed by atoms with Crippen molar-refractivity contribution in [3.63, 3.8) is 0 Å². The van der Waals surface area contributed by atoms with E-state index in [-0.39, 0.29) is 5.78 Å². The van der Waals surface area contributed by atoms with Gasteiger partial charge in [-0.15, -0.1) is 0 Å². The van der Waals surface area contributed by atoms with E-state index in [1.54, 1.807) is 43.0 Å². The fourth-order valence-corrected chi connectivity index (χ4v) is 2.08. The predicted molar refractivity (Wildman–Crippen MR) is 70.8 cm³/mol. The predicted octanol–water partition coefficient (Wildman–Crippen LogP) is 2.50. The summed E-state index contributed by atoms with van der Waals surface area (Å²) in [5.74, 6) is -0.409. The molecule has 1 aromatic carbocycles. The Morgan fingerprint density at radius 1 is 1.37 bits per heavy atom. The smallest absolute Gasteiger partial charge is 0.326 e. The second-order valence-electron chi connectivity index (χ2n) is 4.40. The van der Waals surface area contributed by atoms with Crippen molar-refractivity contribution in [3.05, 3.63) is 30.0 Å². The lowest BCUT2D eigenvalue weighted by Gasteiger charge is -2.10. The average Bonchev–Trinajstić information content (AvgIpc) is 2.76. The Bertz CT molecular complexity index is 657. The van der Waals surface area contributed by atoms with Gasteiger partial charge in [0, 0.05) is 22.7 Å². The molecular formula is C14H15NO4. The molecule has 1 aromatic heterocycles. The number of carboxylic acids is 1. The molecule has 100 valence electrons. The van der Waals surface area contributed by atoms with Crippen LogP contribution in [0.5, 0.6) is 5.75 Å². The average molecular weight is 261 g/mol. The highest BCUT2D eigenvalue weighted by atomic mass is 16.5. The van der Waals surface area contributed by atoms with Crippen molar-refractivity contribution in [1.29, 1.82) is 0 Å². The van der Waals surface area contributed by atoms with Crippen LogP contribution in [0, 0.1) is 0 Å². The molecule has 2 aromatic rings. The minimum atomic E-state index is -0.942. The molecule has 1 heterocycles. The Balaban J connectivity index is 2.73. The zero-order valence-corrected chi connectivity index (χ0v) is 11.0.